The van der Waals surface area contributed by atoms with Crippen molar-refractivity contribution in [3.8, 4) is 22.4 Å². The zero-order valence-electron chi connectivity index (χ0n) is 18.8. The normalized spacial score (nSPS) is 19.1. The fourth-order valence-corrected chi connectivity index (χ4v) is 4.77. The summed E-state index contributed by atoms with van der Waals surface area (Å²) in [7, 11) is -4.10. The second kappa shape index (κ2) is 9.17. The number of nitrogens with zero attached hydrogens (tertiary/aromatic N) is 3. The van der Waals surface area contributed by atoms with Gasteiger partial charge in [0.25, 0.3) is 0 Å². The standard InChI is InChI=1S/C23H23F4N5O2S/c1-13-11-32(12-14(2)29-13)21-19(16-4-3-5-18(10-16)35(28,33)34)20(15-6-8-17(24)9-7-15)30-22(31-21)23(25,26)27/h3-10,13-14,29H,11-12H2,1-2H3,(H2,28,33,34). The molecule has 0 spiro atoms. The van der Waals surface area contributed by atoms with E-state index < -0.39 is 27.8 Å². The van der Waals surface area contributed by atoms with Crippen LogP contribution in [0, 0.1) is 5.82 Å². The van der Waals surface area contributed by atoms with Crippen molar-refractivity contribution in [3.63, 3.8) is 0 Å². The maximum absolute atomic E-state index is 13.9. The van der Waals surface area contributed by atoms with E-state index in [-0.39, 0.29) is 45.2 Å². The van der Waals surface area contributed by atoms with Crippen molar-refractivity contribution in [2.75, 3.05) is 18.0 Å². The molecule has 12 heteroatoms. The summed E-state index contributed by atoms with van der Waals surface area (Å²) in [5.41, 5.74) is 0.565. The van der Waals surface area contributed by atoms with E-state index in [1.165, 1.54) is 30.3 Å². The number of aromatic nitrogens is 2. The fraction of sp³-hybridized carbons (Fsp3) is 0.304. The first kappa shape index (κ1) is 25.0. The van der Waals surface area contributed by atoms with E-state index in [0.717, 1.165) is 12.1 Å². The topological polar surface area (TPSA) is 101 Å². The van der Waals surface area contributed by atoms with Crippen molar-refractivity contribution < 1.29 is 26.0 Å². The van der Waals surface area contributed by atoms with Gasteiger partial charge in [0.15, 0.2) is 0 Å². The zero-order chi connectivity index (χ0) is 25.5. The number of rotatable bonds is 4. The molecule has 0 amide bonds. The molecule has 2 aromatic carbocycles. The Morgan fingerprint density at radius 1 is 1.00 bits per heavy atom. The van der Waals surface area contributed by atoms with Gasteiger partial charge in [-0.2, -0.15) is 13.2 Å². The van der Waals surface area contributed by atoms with E-state index in [9.17, 15) is 26.0 Å². The van der Waals surface area contributed by atoms with Gasteiger partial charge in [-0.1, -0.05) is 12.1 Å². The van der Waals surface area contributed by atoms with Crippen LogP contribution in [-0.2, 0) is 16.2 Å². The highest BCUT2D eigenvalue weighted by molar-refractivity contribution is 7.89. The van der Waals surface area contributed by atoms with E-state index in [1.807, 2.05) is 13.8 Å². The van der Waals surface area contributed by atoms with E-state index in [1.54, 1.807) is 11.0 Å². The van der Waals surface area contributed by atoms with Gasteiger partial charge >= 0.3 is 6.18 Å². The quantitative estimate of drug-likeness (QED) is 0.519. The summed E-state index contributed by atoms with van der Waals surface area (Å²) in [6.45, 7) is 4.50. The molecule has 3 N–H and O–H groups in total. The second-order valence-electron chi connectivity index (χ2n) is 8.55. The molecule has 0 radical (unpaired) electrons. The molecule has 1 saturated heterocycles. The third kappa shape index (κ3) is 5.44. The van der Waals surface area contributed by atoms with Gasteiger partial charge in [0.2, 0.25) is 15.8 Å². The van der Waals surface area contributed by atoms with E-state index in [4.69, 9.17) is 5.14 Å². The Balaban J connectivity index is 2.07. The summed E-state index contributed by atoms with van der Waals surface area (Å²) in [5, 5.41) is 8.62. The van der Waals surface area contributed by atoms with Crippen LogP contribution >= 0.6 is 0 Å². The molecular weight excluding hydrogens is 486 g/mol. The van der Waals surface area contributed by atoms with Crippen LogP contribution in [-0.4, -0.2) is 43.6 Å². The lowest BCUT2D eigenvalue weighted by Crippen LogP contribution is -2.54. The number of hydrogen-bond donors (Lipinski definition) is 2. The number of hydrogen-bond acceptors (Lipinski definition) is 6. The Labute approximate surface area is 200 Å². The number of primary sulfonamides is 1. The number of nitrogens with one attached hydrogen (secondary N) is 1. The van der Waals surface area contributed by atoms with Crippen molar-refractivity contribution in [2.45, 2.75) is 37.0 Å². The van der Waals surface area contributed by atoms with E-state index in [2.05, 4.69) is 15.3 Å². The Morgan fingerprint density at radius 2 is 1.63 bits per heavy atom. The Bertz CT molecular complexity index is 1340. The number of sulfonamides is 1. The van der Waals surface area contributed by atoms with Gasteiger partial charge < -0.3 is 10.2 Å². The second-order valence-corrected chi connectivity index (χ2v) is 10.1. The SMILES string of the molecule is CC1CN(c2nc(C(F)(F)F)nc(-c3ccc(F)cc3)c2-c2cccc(S(N)(=O)=O)c2)CC(C)N1. The lowest BCUT2D eigenvalue weighted by atomic mass is 9.98. The highest BCUT2D eigenvalue weighted by Crippen LogP contribution is 2.41. The summed E-state index contributed by atoms with van der Waals surface area (Å²) in [6, 6.07) is 10.3. The third-order valence-electron chi connectivity index (χ3n) is 5.57. The lowest BCUT2D eigenvalue weighted by molar-refractivity contribution is -0.144. The highest BCUT2D eigenvalue weighted by Gasteiger charge is 2.38. The number of alkyl halides is 3. The molecule has 4 rings (SSSR count). The first-order valence-electron chi connectivity index (χ1n) is 10.7. The highest BCUT2D eigenvalue weighted by atomic mass is 32.2. The van der Waals surface area contributed by atoms with Crippen molar-refractivity contribution in [1.29, 1.82) is 0 Å². The number of halogens is 4. The van der Waals surface area contributed by atoms with Gasteiger partial charge in [-0.15, -0.1) is 0 Å². The maximum atomic E-state index is 13.9. The summed E-state index contributed by atoms with van der Waals surface area (Å²) in [6.07, 6.45) is -4.85. The molecule has 2 atom stereocenters. The molecule has 2 heterocycles. The molecule has 7 nitrogen and oxygen atoms in total. The molecular formula is C23H23F4N5O2S. The van der Waals surface area contributed by atoms with Crippen molar-refractivity contribution in [2.24, 2.45) is 5.14 Å². The van der Waals surface area contributed by atoms with Crippen molar-refractivity contribution >= 4 is 15.8 Å². The minimum absolute atomic E-state index is 0.00146. The van der Waals surface area contributed by atoms with Crippen LogP contribution in [0.5, 0.6) is 0 Å². The van der Waals surface area contributed by atoms with Crippen LogP contribution in [0.15, 0.2) is 53.4 Å². The van der Waals surface area contributed by atoms with E-state index in [0.29, 0.717) is 13.1 Å². The van der Waals surface area contributed by atoms with Crippen LogP contribution in [0.2, 0.25) is 0 Å². The zero-order valence-corrected chi connectivity index (χ0v) is 19.7. The predicted molar refractivity (Wildman–Crippen MR) is 124 cm³/mol. The Morgan fingerprint density at radius 3 is 2.20 bits per heavy atom. The van der Waals surface area contributed by atoms with Crippen molar-refractivity contribution in [1.82, 2.24) is 15.3 Å². The molecule has 2 unspecified atom stereocenters. The van der Waals surface area contributed by atoms with Crippen LogP contribution in [0.4, 0.5) is 23.4 Å². The number of nitrogens with two attached hydrogens (primary N) is 1. The molecule has 0 aliphatic carbocycles. The number of piperazine rings is 1. The largest absolute Gasteiger partial charge is 0.451 e. The Kier molecular flexibility index (Phi) is 6.56. The number of anilines is 1. The van der Waals surface area contributed by atoms with Gasteiger partial charge in [-0.3, -0.25) is 0 Å². The summed E-state index contributed by atoms with van der Waals surface area (Å²) < 4.78 is 79.3. The third-order valence-corrected chi connectivity index (χ3v) is 6.48. The molecule has 0 bridgehead atoms. The van der Waals surface area contributed by atoms with Crippen LogP contribution in [0.1, 0.15) is 19.7 Å². The van der Waals surface area contributed by atoms with Crippen LogP contribution in [0.3, 0.4) is 0 Å². The fourth-order valence-electron chi connectivity index (χ4n) is 4.22. The Hall–Kier alpha value is -3.09. The molecule has 1 fully saturated rings. The van der Waals surface area contributed by atoms with Gasteiger partial charge in [0, 0.05) is 30.7 Å². The molecule has 3 aromatic rings. The minimum Gasteiger partial charge on any atom is -0.353 e. The summed E-state index contributed by atoms with van der Waals surface area (Å²) in [5.74, 6) is -1.92. The van der Waals surface area contributed by atoms with Crippen LogP contribution < -0.4 is 15.4 Å². The maximum Gasteiger partial charge on any atom is 0.451 e. The molecule has 35 heavy (non-hydrogen) atoms. The van der Waals surface area contributed by atoms with Gasteiger partial charge in [-0.05, 0) is 55.8 Å². The first-order chi connectivity index (χ1) is 16.3. The predicted octanol–water partition coefficient (Wildman–Crippen LogP) is 3.80. The summed E-state index contributed by atoms with van der Waals surface area (Å²) in [4.78, 5) is 9.24. The lowest BCUT2D eigenvalue weighted by Gasteiger charge is -2.38. The average molecular weight is 510 g/mol. The first-order valence-corrected chi connectivity index (χ1v) is 12.3. The smallest absolute Gasteiger partial charge is 0.353 e. The van der Waals surface area contributed by atoms with Crippen molar-refractivity contribution in [3.05, 3.63) is 60.2 Å². The molecule has 1 aliphatic heterocycles. The molecule has 0 saturated carbocycles. The van der Waals surface area contributed by atoms with Crippen LogP contribution in [0.25, 0.3) is 22.4 Å². The minimum atomic E-state index is -4.85. The van der Waals surface area contributed by atoms with Gasteiger partial charge in [-0.25, -0.2) is 27.9 Å². The number of benzene rings is 2. The summed E-state index contributed by atoms with van der Waals surface area (Å²) >= 11 is 0. The molecule has 1 aromatic heterocycles. The molecule has 186 valence electrons. The molecule has 1 aliphatic rings. The monoisotopic (exact) mass is 509 g/mol. The average Bonchev–Trinajstić information content (AvgIpc) is 2.77. The van der Waals surface area contributed by atoms with E-state index >= 15 is 0 Å². The van der Waals surface area contributed by atoms with Gasteiger partial charge in [0.1, 0.15) is 11.6 Å². The van der Waals surface area contributed by atoms with Gasteiger partial charge in [0.05, 0.1) is 16.2 Å².